The highest BCUT2D eigenvalue weighted by molar-refractivity contribution is 4.92. The highest BCUT2D eigenvalue weighted by Gasteiger charge is 2.55. The summed E-state index contributed by atoms with van der Waals surface area (Å²) in [6, 6.07) is 0. The maximum Gasteiger partial charge on any atom is 0.239 e. The van der Waals surface area contributed by atoms with Crippen molar-refractivity contribution in [2.24, 2.45) is 11.3 Å². The molecule has 4 nitrogen and oxygen atoms in total. The SMILES string of the molecule is CCCC(C)(CC)OOC1(OOC(C)(CC)CCC)CC(C)CCC1(C)C. The van der Waals surface area contributed by atoms with Crippen molar-refractivity contribution in [1.29, 1.82) is 0 Å². The maximum atomic E-state index is 6.24. The molecule has 0 amide bonds. The van der Waals surface area contributed by atoms with E-state index in [4.69, 9.17) is 19.6 Å². The van der Waals surface area contributed by atoms with Crippen LogP contribution in [0.3, 0.4) is 0 Å². The second kappa shape index (κ2) is 10.0. The molecule has 0 spiro atoms. The van der Waals surface area contributed by atoms with Crippen LogP contribution >= 0.6 is 0 Å². The molecule has 0 N–H and O–H groups in total. The Bertz CT molecular complexity index is 412. The zero-order valence-electron chi connectivity index (χ0n) is 19.6. The monoisotopic (exact) mass is 386 g/mol. The van der Waals surface area contributed by atoms with Crippen LogP contribution in [0.1, 0.15) is 120 Å². The number of rotatable bonds is 12. The van der Waals surface area contributed by atoms with E-state index in [-0.39, 0.29) is 16.6 Å². The van der Waals surface area contributed by atoms with E-state index in [1.54, 1.807) is 0 Å². The van der Waals surface area contributed by atoms with Gasteiger partial charge in [0.15, 0.2) is 0 Å². The van der Waals surface area contributed by atoms with E-state index in [0.717, 1.165) is 51.4 Å². The third-order valence-electron chi connectivity index (χ3n) is 6.72. The third-order valence-corrected chi connectivity index (χ3v) is 6.72. The van der Waals surface area contributed by atoms with Crippen molar-refractivity contribution >= 4 is 0 Å². The quantitative estimate of drug-likeness (QED) is 0.199. The van der Waals surface area contributed by atoms with Crippen LogP contribution in [-0.2, 0) is 19.6 Å². The summed E-state index contributed by atoms with van der Waals surface area (Å²) in [4.78, 5) is 24.7. The van der Waals surface area contributed by atoms with E-state index in [2.05, 4.69) is 62.3 Å². The van der Waals surface area contributed by atoms with Crippen LogP contribution in [0.25, 0.3) is 0 Å². The highest BCUT2D eigenvalue weighted by Crippen LogP contribution is 2.50. The van der Waals surface area contributed by atoms with Crippen molar-refractivity contribution in [3.05, 3.63) is 0 Å². The Balaban J connectivity index is 3.06. The number of hydrogen-bond acceptors (Lipinski definition) is 4. The lowest BCUT2D eigenvalue weighted by atomic mass is 9.69. The average Bonchev–Trinajstić information content (AvgIpc) is 2.62. The van der Waals surface area contributed by atoms with Gasteiger partial charge in [0.25, 0.3) is 0 Å². The van der Waals surface area contributed by atoms with E-state index in [9.17, 15) is 0 Å². The summed E-state index contributed by atoms with van der Waals surface area (Å²) in [7, 11) is 0. The molecule has 0 saturated heterocycles. The van der Waals surface area contributed by atoms with Gasteiger partial charge in [-0.2, -0.15) is 9.78 Å². The summed E-state index contributed by atoms with van der Waals surface area (Å²) in [5.41, 5.74) is -0.806. The van der Waals surface area contributed by atoms with Crippen LogP contribution in [-0.4, -0.2) is 17.0 Å². The first-order valence-corrected chi connectivity index (χ1v) is 11.2. The second-order valence-electron chi connectivity index (χ2n) is 9.93. The van der Waals surface area contributed by atoms with E-state index < -0.39 is 5.79 Å². The number of hydrogen-bond donors (Lipinski definition) is 0. The van der Waals surface area contributed by atoms with Gasteiger partial charge in [-0.05, 0) is 58.3 Å². The van der Waals surface area contributed by atoms with E-state index in [1.165, 1.54) is 6.42 Å². The molecule has 3 atom stereocenters. The fourth-order valence-corrected chi connectivity index (χ4v) is 3.89. The van der Waals surface area contributed by atoms with Gasteiger partial charge < -0.3 is 0 Å². The Morgan fingerprint density at radius 1 is 0.852 bits per heavy atom. The van der Waals surface area contributed by atoms with Gasteiger partial charge in [0, 0.05) is 11.8 Å². The molecule has 0 radical (unpaired) electrons. The van der Waals surface area contributed by atoms with Crippen LogP contribution in [0.15, 0.2) is 0 Å². The molecule has 0 aromatic heterocycles. The summed E-state index contributed by atoms with van der Waals surface area (Å²) >= 11 is 0. The summed E-state index contributed by atoms with van der Waals surface area (Å²) in [5, 5.41) is 0. The van der Waals surface area contributed by atoms with Crippen LogP contribution < -0.4 is 0 Å². The molecule has 1 aliphatic rings. The second-order valence-corrected chi connectivity index (χ2v) is 9.93. The molecule has 27 heavy (non-hydrogen) atoms. The fourth-order valence-electron chi connectivity index (χ4n) is 3.89. The van der Waals surface area contributed by atoms with Crippen molar-refractivity contribution in [1.82, 2.24) is 0 Å². The Kier molecular flexibility index (Phi) is 9.26. The topological polar surface area (TPSA) is 36.9 Å². The maximum absolute atomic E-state index is 6.24. The smallest absolute Gasteiger partial charge is 0.227 e. The molecule has 0 aliphatic heterocycles. The molecule has 1 fully saturated rings. The van der Waals surface area contributed by atoms with E-state index in [1.807, 2.05) is 0 Å². The molecule has 0 heterocycles. The molecule has 3 unspecified atom stereocenters. The normalized spacial score (nSPS) is 29.9. The molecule has 1 saturated carbocycles. The lowest BCUT2D eigenvalue weighted by Gasteiger charge is -2.50. The lowest BCUT2D eigenvalue weighted by molar-refractivity contribution is -0.571. The molecular weight excluding hydrogens is 340 g/mol. The summed E-state index contributed by atoms with van der Waals surface area (Å²) in [6.45, 7) is 19.6. The minimum absolute atomic E-state index is 0.193. The van der Waals surface area contributed by atoms with Crippen LogP contribution in [0.5, 0.6) is 0 Å². The first-order chi connectivity index (χ1) is 12.5. The zero-order chi connectivity index (χ0) is 20.8. The van der Waals surface area contributed by atoms with Gasteiger partial charge in [0.2, 0.25) is 5.79 Å². The van der Waals surface area contributed by atoms with Gasteiger partial charge in [0.1, 0.15) is 11.2 Å². The summed E-state index contributed by atoms with van der Waals surface area (Å²) < 4.78 is 0. The van der Waals surface area contributed by atoms with Gasteiger partial charge in [0.05, 0.1) is 0 Å². The van der Waals surface area contributed by atoms with Crippen molar-refractivity contribution in [3.63, 3.8) is 0 Å². The molecule has 0 bridgehead atoms. The summed E-state index contributed by atoms with van der Waals surface area (Å²) in [6.07, 6.45) is 8.79. The minimum Gasteiger partial charge on any atom is -0.227 e. The van der Waals surface area contributed by atoms with Crippen LogP contribution in [0.2, 0.25) is 0 Å². The van der Waals surface area contributed by atoms with Gasteiger partial charge in [-0.25, -0.2) is 9.78 Å². The summed E-state index contributed by atoms with van der Waals surface area (Å²) in [5.74, 6) is -0.387. The van der Waals surface area contributed by atoms with Crippen molar-refractivity contribution in [3.8, 4) is 0 Å². The molecule has 1 aliphatic carbocycles. The molecule has 0 aromatic rings. The first kappa shape index (κ1) is 24.9. The molecule has 1 rings (SSSR count). The Labute approximate surface area is 168 Å². The van der Waals surface area contributed by atoms with Gasteiger partial charge in [-0.1, -0.05) is 61.3 Å². The van der Waals surface area contributed by atoms with Gasteiger partial charge in [-0.15, -0.1) is 0 Å². The highest BCUT2D eigenvalue weighted by atomic mass is 17.3. The largest absolute Gasteiger partial charge is 0.239 e. The lowest BCUT2D eigenvalue weighted by Crippen LogP contribution is -2.55. The predicted octanol–water partition coefficient (Wildman–Crippen LogP) is 7.36. The van der Waals surface area contributed by atoms with Crippen LogP contribution in [0.4, 0.5) is 0 Å². The van der Waals surface area contributed by atoms with Crippen molar-refractivity contribution in [2.45, 2.75) is 137 Å². The third kappa shape index (κ3) is 6.42. The molecular formula is C23H46O4. The van der Waals surface area contributed by atoms with Gasteiger partial charge in [-0.3, -0.25) is 0 Å². The minimum atomic E-state index is -0.890. The Morgan fingerprint density at radius 3 is 1.67 bits per heavy atom. The zero-order valence-corrected chi connectivity index (χ0v) is 19.6. The molecule has 0 aromatic carbocycles. The Morgan fingerprint density at radius 2 is 1.30 bits per heavy atom. The first-order valence-electron chi connectivity index (χ1n) is 11.2. The standard InChI is InChI=1S/C23H46O4/c1-10-15-21(8,12-3)24-26-23(18-19(5)14-17-20(23,6)7)27-25-22(9,13-4)16-11-2/h19H,10-18H2,1-9H3. The van der Waals surface area contributed by atoms with Gasteiger partial charge >= 0.3 is 0 Å². The average molecular weight is 387 g/mol. The predicted molar refractivity (Wildman–Crippen MR) is 111 cm³/mol. The van der Waals surface area contributed by atoms with Crippen LogP contribution in [0, 0.1) is 11.3 Å². The van der Waals surface area contributed by atoms with E-state index in [0.29, 0.717) is 5.92 Å². The fraction of sp³-hybridized carbons (Fsp3) is 1.00. The Hall–Kier alpha value is -0.160. The molecule has 162 valence electrons. The van der Waals surface area contributed by atoms with Crippen molar-refractivity contribution < 1.29 is 19.6 Å². The van der Waals surface area contributed by atoms with E-state index >= 15 is 0 Å². The van der Waals surface area contributed by atoms with Crippen molar-refractivity contribution in [2.75, 3.05) is 0 Å². The molecule has 4 heteroatoms.